The molecule has 23 heavy (non-hydrogen) atoms. The molecular formula is C17H16N2O2S2. The molecule has 0 spiro atoms. The average Bonchev–Trinajstić information content (AvgIpc) is 2.56. The molecule has 2 aromatic rings. The fourth-order valence-corrected chi connectivity index (χ4v) is 3.80. The van der Waals surface area contributed by atoms with Gasteiger partial charge in [0.15, 0.2) is 0 Å². The lowest BCUT2D eigenvalue weighted by Gasteiger charge is -2.23. The summed E-state index contributed by atoms with van der Waals surface area (Å²) < 4.78 is 0. The Morgan fingerprint density at radius 1 is 1.22 bits per heavy atom. The molecule has 0 radical (unpaired) electrons. The highest BCUT2D eigenvalue weighted by molar-refractivity contribution is 8.01. The zero-order valence-corrected chi connectivity index (χ0v) is 14.2. The maximum atomic E-state index is 12.2. The van der Waals surface area contributed by atoms with E-state index >= 15 is 0 Å². The number of carbonyl (C=O) groups is 2. The van der Waals surface area contributed by atoms with E-state index < -0.39 is 5.25 Å². The molecule has 0 saturated heterocycles. The Balaban J connectivity index is 1.62. The smallest absolute Gasteiger partial charge is 0.238 e. The van der Waals surface area contributed by atoms with Crippen LogP contribution in [-0.2, 0) is 9.59 Å². The van der Waals surface area contributed by atoms with Crippen LogP contribution in [0.25, 0.3) is 0 Å². The third kappa shape index (κ3) is 3.89. The van der Waals surface area contributed by atoms with Crippen LogP contribution in [0.15, 0.2) is 58.3 Å². The topological polar surface area (TPSA) is 58.2 Å². The third-order valence-electron chi connectivity index (χ3n) is 3.45. The van der Waals surface area contributed by atoms with Gasteiger partial charge in [-0.05, 0) is 42.7 Å². The Labute approximate surface area is 143 Å². The van der Waals surface area contributed by atoms with Crippen LogP contribution in [0.2, 0.25) is 0 Å². The number of hydrogen-bond acceptors (Lipinski definition) is 4. The second-order valence-corrected chi connectivity index (χ2v) is 7.20. The van der Waals surface area contributed by atoms with Crippen molar-refractivity contribution in [2.45, 2.75) is 21.5 Å². The molecule has 0 aliphatic carbocycles. The first-order valence-corrected chi connectivity index (χ1v) is 9.26. The van der Waals surface area contributed by atoms with E-state index in [0.717, 1.165) is 21.2 Å². The summed E-state index contributed by atoms with van der Waals surface area (Å²) in [6.07, 6.45) is 2.15. The second-order valence-electron chi connectivity index (χ2n) is 5.07. The predicted molar refractivity (Wildman–Crippen MR) is 96.2 cm³/mol. The zero-order chi connectivity index (χ0) is 16.2. The van der Waals surface area contributed by atoms with Crippen molar-refractivity contribution in [2.24, 2.45) is 0 Å². The average molecular weight is 344 g/mol. The van der Waals surface area contributed by atoms with E-state index in [2.05, 4.69) is 10.6 Å². The van der Waals surface area contributed by atoms with Gasteiger partial charge in [-0.1, -0.05) is 12.1 Å². The lowest BCUT2D eigenvalue weighted by molar-refractivity contribution is -0.120. The molecule has 1 aliphatic rings. The van der Waals surface area contributed by atoms with E-state index in [0.29, 0.717) is 0 Å². The number of hydrogen-bond donors (Lipinski definition) is 2. The van der Waals surface area contributed by atoms with Crippen LogP contribution < -0.4 is 10.6 Å². The summed E-state index contributed by atoms with van der Waals surface area (Å²) in [7, 11) is 0. The largest absolute Gasteiger partial charge is 0.326 e. The monoisotopic (exact) mass is 344 g/mol. The normalized spacial score (nSPS) is 16.4. The van der Waals surface area contributed by atoms with Crippen LogP contribution in [0.3, 0.4) is 0 Å². The lowest BCUT2D eigenvalue weighted by Crippen LogP contribution is -2.32. The summed E-state index contributed by atoms with van der Waals surface area (Å²) in [6, 6.07) is 15.3. The fourth-order valence-electron chi connectivity index (χ4n) is 2.28. The first kappa shape index (κ1) is 16.0. The van der Waals surface area contributed by atoms with E-state index in [-0.39, 0.29) is 18.2 Å². The van der Waals surface area contributed by atoms with Crippen molar-refractivity contribution in [1.82, 2.24) is 0 Å². The van der Waals surface area contributed by atoms with Gasteiger partial charge in [0.1, 0.15) is 0 Å². The van der Waals surface area contributed by atoms with Gasteiger partial charge in [-0.15, -0.1) is 23.5 Å². The van der Waals surface area contributed by atoms with Gasteiger partial charge < -0.3 is 10.6 Å². The molecule has 0 fully saturated rings. The number of rotatable bonds is 4. The highest BCUT2D eigenvalue weighted by Gasteiger charge is 2.28. The molecule has 1 aliphatic heterocycles. The Morgan fingerprint density at radius 2 is 1.96 bits per heavy atom. The van der Waals surface area contributed by atoms with E-state index in [9.17, 15) is 9.59 Å². The molecule has 1 atom stereocenters. The molecule has 0 bridgehead atoms. The van der Waals surface area contributed by atoms with Crippen LogP contribution in [0.1, 0.15) is 6.42 Å². The van der Waals surface area contributed by atoms with Crippen molar-refractivity contribution in [1.29, 1.82) is 0 Å². The molecule has 0 aromatic heterocycles. The van der Waals surface area contributed by atoms with E-state index in [1.807, 2.05) is 54.8 Å². The minimum atomic E-state index is -0.407. The molecule has 2 amide bonds. The van der Waals surface area contributed by atoms with Crippen LogP contribution in [0.4, 0.5) is 11.4 Å². The number of benzene rings is 2. The molecule has 6 heteroatoms. The summed E-state index contributed by atoms with van der Waals surface area (Å²) >= 11 is 3.08. The Morgan fingerprint density at radius 3 is 2.70 bits per heavy atom. The number of nitrogens with one attached hydrogen (secondary N) is 2. The summed E-state index contributed by atoms with van der Waals surface area (Å²) in [5.74, 6) is -0.282. The highest BCUT2D eigenvalue weighted by atomic mass is 32.2. The van der Waals surface area contributed by atoms with Crippen molar-refractivity contribution in [3.05, 3.63) is 48.5 Å². The van der Waals surface area contributed by atoms with Crippen molar-refractivity contribution in [3.63, 3.8) is 0 Å². The Bertz CT molecular complexity index is 732. The lowest BCUT2D eigenvalue weighted by atomic mass is 10.2. The van der Waals surface area contributed by atoms with Gasteiger partial charge in [0.05, 0.1) is 10.9 Å². The molecule has 2 N–H and O–H groups in total. The summed E-state index contributed by atoms with van der Waals surface area (Å²) in [5, 5.41) is 5.29. The molecule has 1 unspecified atom stereocenters. The molecular weight excluding hydrogens is 328 g/mol. The Kier molecular flexibility index (Phi) is 4.93. The highest BCUT2D eigenvalue weighted by Crippen LogP contribution is 2.36. The minimum Gasteiger partial charge on any atom is -0.326 e. The molecule has 2 aromatic carbocycles. The van der Waals surface area contributed by atoms with E-state index in [4.69, 9.17) is 0 Å². The van der Waals surface area contributed by atoms with Crippen molar-refractivity contribution in [2.75, 3.05) is 16.9 Å². The summed E-state index contributed by atoms with van der Waals surface area (Å²) in [6.45, 7) is 0. The third-order valence-corrected chi connectivity index (χ3v) is 5.47. The van der Waals surface area contributed by atoms with Crippen LogP contribution in [-0.4, -0.2) is 23.3 Å². The maximum absolute atomic E-state index is 12.2. The Hall–Kier alpha value is -1.92. The van der Waals surface area contributed by atoms with Crippen LogP contribution in [0.5, 0.6) is 0 Å². The number of para-hydroxylation sites is 1. The number of thioether (sulfide) groups is 2. The standard InChI is InChI=1S/C17H16N2O2S2/c1-22-12-8-6-11(7-9-12)18-16(20)10-15-17(21)19-13-4-2-3-5-14(13)23-15/h2-9,15H,10H2,1H3,(H,18,20)(H,19,21). The fraction of sp³-hybridized carbons (Fsp3) is 0.176. The molecule has 118 valence electrons. The number of carbonyl (C=O) groups excluding carboxylic acids is 2. The second kappa shape index (κ2) is 7.10. The van der Waals surface area contributed by atoms with Gasteiger partial charge in [0.25, 0.3) is 0 Å². The van der Waals surface area contributed by atoms with E-state index in [1.165, 1.54) is 11.8 Å². The summed E-state index contributed by atoms with van der Waals surface area (Å²) in [5.41, 5.74) is 1.56. The predicted octanol–water partition coefficient (Wildman–Crippen LogP) is 3.85. The molecule has 4 nitrogen and oxygen atoms in total. The number of anilines is 2. The van der Waals surface area contributed by atoms with Gasteiger partial charge in [-0.3, -0.25) is 9.59 Å². The van der Waals surface area contributed by atoms with Gasteiger partial charge in [-0.2, -0.15) is 0 Å². The van der Waals surface area contributed by atoms with Crippen LogP contribution in [0, 0.1) is 0 Å². The molecule has 3 rings (SSSR count). The quantitative estimate of drug-likeness (QED) is 0.827. The maximum Gasteiger partial charge on any atom is 0.238 e. The minimum absolute atomic E-state index is 0.124. The van der Waals surface area contributed by atoms with Gasteiger partial charge in [0, 0.05) is 21.9 Å². The first-order chi connectivity index (χ1) is 11.2. The van der Waals surface area contributed by atoms with Crippen molar-refractivity contribution >= 4 is 46.7 Å². The first-order valence-electron chi connectivity index (χ1n) is 7.16. The number of fused-ring (bicyclic) bond motifs is 1. The van der Waals surface area contributed by atoms with Gasteiger partial charge >= 0.3 is 0 Å². The van der Waals surface area contributed by atoms with Gasteiger partial charge in [0.2, 0.25) is 11.8 Å². The van der Waals surface area contributed by atoms with Gasteiger partial charge in [-0.25, -0.2) is 0 Å². The molecule has 1 heterocycles. The molecule has 0 saturated carbocycles. The van der Waals surface area contributed by atoms with Crippen molar-refractivity contribution in [3.8, 4) is 0 Å². The zero-order valence-electron chi connectivity index (χ0n) is 12.5. The number of amides is 2. The van der Waals surface area contributed by atoms with E-state index in [1.54, 1.807) is 11.8 Å². The SMILES string of the molecule is CSc1ccc(NC(=O)CC2Sc3ccccc3NC2=O)cc1. The summed E-state index contributed by atoms with van der Waals surface area (Å²) in [4.78, 5) is 26.4. The van der Waals surface area contributed by atoms with Crippen LogP contribution >= 0.6 is 23.5 Å². The van der Waals surface area contributed by atoms with Crippen molar-refractivity contribution < 1.29 is 9.59 Å².